The van der Waals surface area contributed by atoms with E-state index in [2.05, 4.69) is 29.3 Å². The minimum Gasteiger partial charge on any atom is -0.380 e. The van der Waals surface area contributed by atoms with Gasteiger partial charge in [-0.05, 0) is 6.42 Å². The van der Waals surface area contributed by atoms with Gasteiger partial charge in [0.05, 0.1) is 24.9 Å². The first-order valence-corrected chi connectivity index (χ1v) is 6.32. The average Bonchev–Trinajstić information content (AvgIpc) is 2.86. The Morgan fingerprint density at radius 2 is 2.24 bits per heavy atom. The Morgan fingerprint density at radius 1 is 1.41 bits per heavy atom. The van der Waals surface area contributed by atoms with E-state index in [0.717, 1.165) is 31.9 Å². The summed E-state index contributed by atoms with van der Waals surface area (Å²) in [6.07, 6.45) is 0.968. The van der Waals surface area contributed by atoms with E-state index in [1.165, 1.54) is 11.5 Å². The Kier molecular flexibility index (Phi) is 2.50. The molecule has 3 heterocycles. The summed E-state index contributed by atoms with van der Waals surface area (Å²) in [6, 6.07) is 0.476. The molecule has 1 fully saturated rings. The second kappa shape index (κ2) is 3.91. The topological polar surface area (TPSA) is 42.3 Å². The fourth-order valence-electron chi connectivity index (χ4n) is 3.00. The van der Waals surface area contributed by atoms with Gasteiger partial charge in [0.15, 0.2) is 5.82 Å². The first kappa shape index (κ1) is 10.9. The minimum atomic E-state index is 0.476. The van der Waals surface area contributed by atoms with E-state index in [1.54, 1.807) is 0 Å². The molecular weight excluding hydrogens is 216 g/mol. The van der Waals surface area contributed by atoms with Crippen LogP contribution in [0.5, 0.6) is 0 Å². The molecule has 5 heteroatoms. The number of ether oxygens (including phenoxy) is 1. The number of hydrogen-bond acceptors (Lipinski definition) is 4. The molecule has 17 heavy (non-hydrogen) atoms. The van der Waals surface area contributed by atoms with E-state index in [0.29, 0.717) is 12.0 Å². The molecule has 0 bridgehead atoms. The Labute approximate surface area is 102 Å². The van der Waals surface area contributed by atoms with Crippen molar-refractivity contribution in [3.05, 3.63) is 5.69 Å². The lowest BCUT2D eigenvalue weighted by Crippen LogP contribution is -2.39. The Balaban J connectivity index is 2.05. The van der Waals surface area contributed by atoms with E-state index in [4.69, 9.17) is 4.74 Å². The number of anilines is 2. The zero-order valence-electron chi connectivity index (χ0n) is 10.7. The van der Waals surface area contributed by atoms with E-state index in [9.17, 15) is 0 Å². The lowest BCUT2D eigenvalue weighted by atomic mass is 10.0. The van der Waals surface area contributed by atoms with Gasteiger partial charge in [-0.1, -0.05) is 6.92 Å². The van der Waals surface area contributed by atoms with Crippen molar-refractivity contribution in [2.75, 3.05) is 37.0 Å². The molecule has 0 aliphatic carbocycles. The average molecular weight is 236 g/mol. The second-order valence-electron chi connectivity index (χ2n) is 4.98. The van der Waals surface area contributed by atoms with Crippen LogP contribution >= 0.6 is 0 Å². The molecule has 2 aliphatic heterocycles. The van der Waals surface area contributed by atoms with Crippen molar-refractivity contribution in [2.24, 2.45) is 13.0 Å². The summed E-state index contributed by atoms with van der Waals surface area (Å²) >= 11 is 0. The fourth-order valence-corrected chi connectivity index (χ4v) is 3.00. The molecule has 2 unspecified atom stereocenters. The summed E-state index contributed by atoms with van der Waals surface area (Å²) in [4.78, 5) is 2.33. The predicted molar refractivity (Wildman–Crippen MR) is 67.6 cm³/mol. The van der Waals surface area contributed by atoms with Crippen LogP contribution in [0.25, 0.3) is 0 Å². The first-order chi connectivity index (χ1) is 8.22. The van der Waals surface area contributed by atoms with Crippen LogP contribution in [0, 0.1) is 5.92 Å². The molecule has 0 spiro atoms. The van der Waals surface area contributed by atoms with Crippen molar-refractivity contribution in [2.45, 2.75) is 19.4 Å². The fraction of sp³-hybridized carbons (Fsp3) is 0.750. The van der Waals surface area contributed by atoms with E-state index in [1.807, 2.05) is 11.7 Å². The summed E-state index contributed by atoms with van der Waals surface area (Å²) in [5.41, 5.74) is 2.38. The highest BCUT2D eigenvalue weighted by molar-refractivity contribution is 5.70. The molecule has 0 saturated carbocycles. The van der Waals surface area contributed by atoms with Gasteiger partial charge in [-0.3, -0.25) is 4.68 Å². The molecule has 1 saturated heterocycles. The molecule has 1 aromatic rings. The number of hydrogen-bond donors (Lipinski definition) is 1. The molecule has 0 aromatic carbocycles. The predicted octanol–water partition coefficient (Wildman–Crippen LogP) is 0.859. The number of aromatic nitrogens is 2. The molecule has 1 aromatic heterocycles. The summed E-state index contributed by atoms with van der Waals surface area (Å²) < 4.78 is 7.58. The van der Waals surface area contributed by atoms with Crippen molar-refractivity contribution in [3.8, 4) is 0 Å². The molecule has 0 amide bonds. The number of nitrogens with one attached hydrogen (secondary N) is 1. The van der Waals surface area contributed by atoms with Gasteiger partial charge in [0.1, 0.15) is 5.69 Å². The highest BCUT2D eigenvalue weighted by atomic mass is 16.5. The van der Waals surface area contributed by atoms with Gasteiger partial charge in [0.25, 0.3) is 0 Å². The van der Waals surface area contributed by atoms with E-state index < -0.39 is 0 Å². The van der Waals surface area contributed by atoms with Crippen molar-refractivity contribution >= 4 is 11.5 Å². The van der Waals surface area contributed by atoms with Gasteiger partial charge in [-0.15, -0.1) is 0 Å². The maximum atomic E-state index is 5.59. The van der Waals surface area contributed by atoms with Crippen LogP contribution in [0.4, 0.5) is 11.5 Å². The number of likely N-dealkylation sites (N-methyl/N-ethyl adjacent to an activating group) is 1. The maximum absolute atomic E-state index is 5.59. The maximum Gasteiger partial charge on any atom is 0.150 e. The number of fused-ring (bicyclic) bond motifs is 2. The summed E-state index contributed by atoms with van der Waals surface area (Å²) in [5, 5.41) is 8.15. The minimum absolute atomic E-state index is 0.476. The van der Waals surface area contributed by atoms with Crippen LogP contribution in [0.3, 0.4) is 0 Å². The largest absolute Gasteiger partial charge is 0.380 e. The van der Waals surface area contributed by atoms with Crippen LogP contribution < -0.4 is 10.2 Å². The number of aryl methyl sites for hydroxylation is 2. The SMILES string of the molecule is CCc1nn(C)c2c1NCC1COCC1N2C. The van der Waals surface area contributed by atoms with Gasteiger partial charge in [0, 0.05) is 26.6 Å². The normalized spacial score (nSPS) is 27.4. The van der Waals surface area contributed by atoms with Gasteiger partial charge >= 0.3 is 0 Å². The third kappa shape index (κ3) is 1.52. The molecule has 94 valence electrons. The van der Waals surface area contributed by atoms with Gasteiger partial charge in [-0.25, -0.2) is 0 Å². The van der Waals surface area contributed by atoms with Gasteiger partial charge in [-0.2, -0.15) is 5.10 Å². The second-order valence-corrected chi connectivity index (χ2v) is 4.98. The smallest absolute Gasteiger partial charge is 0.150 e. The standard InChI is InChI=1S/C12H20N4O/c1-4-9-11-12(16(3)14-9)15(2)10-7-17-6-8(10)5-13-11/h8,10,13H,4-7H2,1-3H3. The zero-order valence-corrected chi connectivity index (χ0v) is 10.7. The Morgan fingerprint density at radius 3 is 3.00 bits per heavy atom. The molecule has 1 N–H and O–H groups in total. The van der Waals surface area contributed by atoms with E-state index >= 15 is 0 Å². The Hall–Kier alpha value is -1.23. The highest BCUT2D eigenvalue weighted by Gasteiger charge is 2.36. The van der Waals surface area contributed by atoms with Gasteiger partial charge in [0.2, 0.25) is 0 Å². The number of rotatable bonds is 1. The molecular formula is C12H20N4O. The van der Waals surface area contributed by atoms with Crippen molar-refractivity contribution in [1.29, 1.82) is 0 Å². The third-order valence-electron chi connectivity index (χ3n) is 3.96. The highest BCUT2D eigenvalue weighted by Crippen LogP contribution is 2.36. The van der Waals surface area contributed by atoms with Crippen LogP contribution in [-0.4, -0.2) is 42.6 Å². The quantitative estimate of drug-likeness (QED) is 0.785. The van der Waals surface area contributed by atoms with Crippen LogP contribution in [0.2, 0.25) is 0 Å². The summed E-state index contributed by atoms with van der Waals surface area (Å²) in [7, 11) is 4.17. The van der Waals surface area contributed by atoms with Crippen LogP contribution in [0.1, 0.15) is 12.6 Å². The molecule has 0 radical (unpaired) electrons. The van der Waals surface area contributed by atoms with Gasteiger partial charge < -0.3 is 15.0 Å². The molecule has 5 nitrogen and oxygen atoms in total. The van der Waals surface area contributed by atoms with Crippen molar-refractivity contribution in [3.63, 3.8) is 0 Å². The zero-order chi connectivity index (χ0) is 12.0. The molecule has 3 rings (SSSR count). The van der Waals surface area contributed by atoms with Crippen LogP contribution in [-0.2, 0) is 18.2 Å². The summed E-state index contributed by atoms with van der Waals surface area (Å²) in [6.45, 7) is 4.83. The van der Waals surface area contributed by atoms with Crippen molar-refractivity contribution in [1.82, 2.24) is 9.78 Å². The summed E-state index contributed by atoms with van der Waals surface area (Å²) in [5.74, 6) is 1.77. The molecule has 2 atom stereocenters. The lowest BCUT2D eigenvalue weighted by Gasteiger charge is -2.27. The monoisotopic (exact) mass is 236 g/mol. The molecule has 2 aliphatic rings. The first-order valence-electron chi connectivity index (χ1n) is 6.32. The Bertz CT molecular complexity index is 428. The van der Waals surface area contributed by atoms with Crippen LogP contribution in [0.15, 0.2) is 0 Å². The van der Waals surface area contributed by atoms with Crippen molar-refractivity contribution < 1.29 is 4.74 Å². The lowest BCUT2D eigenvalue weighted by molar-refractivity contribution is 0.185. The third-order valence-corrected chi connectivity index (χ3v) is 3.96. The number of nitrogens with zero attached hydrogens (tertiary/aromatic N) is 3. The van der Waals surface area contributed by atoms with E-state index in [-0.39, 0.29) is 0 Å².